The largest absolute Gasteiger partial charge is 0.507 e. The van der Waals surface area contributed by atoms with Crippen LogP contribution in [0.1, 0.15) is 169 Å². The van der Waals surface area contributed by atoms with E-state index >= 15 is 0 Å². The number of hydrogen-bond acceptors (Lipinski definition) is 4. The molecular formula is C59H72O4. The van der Waals surface area contributed by atoms with Crippen LogP contribution in [0.4, 0.5) is 0 Å². The minimum atomic E-state index is 0.214. The van der Waals surface area contributed by atoms with Gasteiger partial charge in [0.2, 0.25) is 0 Å². The highest BCUT2D eigenvalue weighted by Crippen LogP contribution is 2.52. The van der Waals surface area contributed by atoms with Gasteiger partial charge in [0.25, 0.3) is 0 Å². The number of ether oxygens (including phenoxy) is 2. The molecule has 4 heteroatoms. The van der Waals surface area contributed by atoms with Gasteiger partial charge < -0.3 is 19.7 Å². The standard InChI is InChI=1S/C59H72O4/c1-33(2)42-29-45(35(5)6)55(46(30-42)36(7)8)53-27-39(13)23-49(57(53)60)51-25-41(15)26-52(59(51)63-22-21-62-44-19-17-16-18-20-44)50-24-40(14)28-54(58(50)61)56-47(37(9)10)31-43(34(3)4)32-48(56)38(11)12/h16-20,23-38,60-61H,21-22H2,1-15H3. The van der Waals surface area contributed by atoms with E-state index in [-0.39, 0.29) is 41.8 Å². The van der Waals surface area contributed by atoms with Gasteiger partial charge in [-0.2, -0.15) is 0 Å². The Kier molecular flexibility index (Phi) is 14.6. The summed E-state index contributed by atoms with van der Waals surface area (Å²) in [6.07, 6.45) is 0. The van der Waals surface area contributed by atoms with Gasteiger partial charge in [-0.05, 0) is 166 Å². The van der Waals surface area contributed by atoms with Crippen LogP contribution in [0.25, 0.3) is 44.5 Å². The van der Waals surface area contributed by atoms with Crippen molar-refractivity contribution in [1.29, 1.82) is 0 Å². The molecule has 0 spiro atoms. The highest BCUT2D eigenvalue weighted by atomic mass is 16.5. The van der Waals surface area contributed by atoms with Crippen molar-refractivity contribution in [2.45, 2.75) is 139 Å². The van der Waals surface area contributed by atoms with Crippen LogP contribution in [0.3, 0.4) is 0 Å². The predicted molar refractivity (Wildman–Crippen MR) is 268 cm³/mol. The van der Waals surface area contributed by atoms with Gasteiger partial charge in [-0.1, -0.05) is 126 Å². The number of benzene rings is 6. The number of aromatic hydroxyl groups is 2. The van der Waals surface area contributed by atoms with E-state index in [1.807, 2.05) is 30.3 Å². The molecule has 332 valence electrons. The van der Waals surface area contributed by atoms with Gasteiger partial charge in [0.15, 0.2) is 0 Å². The average molecular weight is 845 g/mol. The topological polar surface area (TPSA) is 58.9 Å². The molecule has 0 amide bonds. The SMILES string of the molecule is Cc1cc(-c2cc(C)cc(-c3cc(C)cc(-c4c(C(C)C)cc(C(C)C)cc4C(C)C)c3O)c2OCCOc2ccccc2)c(O)c(-c2c(C(C)C)cc(C(C)C)cc2C(C)C)c1. The summed E-state index contributed by atoms with van der Waals surface area (Å²) in [5, 5.41) is 25.6. The zero-order valence-corrected chi connectivity index (χ0v) is 40.7. The maximum atomic E-state index is 12.8. The molecule has 0 aliphatic heterocycles. The zero-order chi connectivity index (χ0) is 46.0. The lowest BCUT2D eigenvalue weighted by Crippen LogP contribution is -2.10. The Morgan fingerprint density at radius 2 is 0.698 bits per heavy atom. The van der Waals surface area contributed by atoms with E-state index in [0.717, 1.165) is 55.8 Å². The molecule has 6 rings (SSSR count). The second-order valence-electron chi connectivity index (χ2n) is 19.7. The van der Waals surface area contributed by atoms with E-state index in [4.69, 9.17) is 9.47 Å². The number of hydrogen-bond donors (Lipinski definition) is 2. The highest BCUT2D eigenvalue weighted by molar-refractivity contribution is 5.94. The molecule has 0 radical (unpaired) electrons. The number of rotatable bonds is 15. The second-order valence-corrected chi connectivity index (χ2v) is 19.7. The first-order chi connectivity index (χ1) is 29.8. The lowest BCUT2D eigenvalue weighted by atomic mass is 9.80. The van der Waals surface area contributed by atoms with Crippen molar-refractivity contribution in [2.75, 3.05) is 13.2 Å². The number of phenols is 2. The van der Waals surface area contributed by atoms with E-state index < -0.39 is 0 Å². The number of phenolic OH excluding ortho intramolecular Hbond substituents is 2. The molecule has 0 fully saturated rings. The van der Waals surface area contributed by atoms with Gasteiger partial charge in [0.05, 0.1) is 0 Å². The van der Waals surface area contributed by atoms with Crippen molar-refractivity contribution < 1.29 is 19.7 Å². The van der Waals surface area contributed by atoms with Crippen LogP contribution in [0.2, 0.25) is 0 Å². The molecular weight excluding hydrogens is 773 g/mol. The lowest BCUT2D eigenvalue weighted by molar-refractivity contribution is 0.218. The van der Waals surface area contributed by atoms with E-state index in [1.165, 1.54) is 33.4 Å². The summed E-state index contributed by atoms with van der Waals surface area (Å²) in [5.41, 5.74) is 17.3. The van der Waals surface area contributed by atoms with E-state index in [0.29, 0.717) is 35.3 Å². The van der Waals surface area contributed by atoms with Gasteiger partial charge >= 0.3 is 0 Å². The zero-order valence-electron chi connectivity index (χ0n) is 40.7. The molecule has 0 heterocycles. The van der Waals surface area contributed by atoms with Crippen LogP contribution >= 0.6 is 0 Å². The molecule has 63 heavy (non-hydrogen) atoms. The van der Waals surface area contributed by atoms with Crippen LogP contribution in [0.15, 0.2) is 91.0 Å². The smallest absolute Gasteiger partial charge is 0.135 e. The highest BCUT2D eigenvalue weighted by Gasteiger charge is 2.28. The molecule has 0 saturated heterocycles. The van der Waals surface area contributed by atoms with Crippen LogP contribution in [0, 0.1) is 20.8 Å². The van der Waals surface area contributed by atoms with Crippen molar-refractivity contribution in [3.8, 4) is 67.5 Å². The maximum Gasteiger partial charge on any atom is 0.135 e. The Morgan fingerprint density at radius 3 is 1.03 bits per heavy atom. The van der Waals surface area contributed by atoms with E-state index in [1.54, 1.807) is 0 Å². The molecule has 0 saturated carbocycles. The fourth-order valence-corrected chi connectivity index (χ4v) is 9.03. The summed E-state index contributed by atoms with van der Waals surface area (Å²) >= 11 is 0. The molecule has 0 aliphatic carbocycles. The van der Waals surface area contributed by atoms with Crippen LogP contribution in [0.5, 0.6) is 23.0 Å². The molecule has 0 unspecified atom stereocenters. The monoisotopic (exact) mass is 845 g/mol. The minimum absolute atomic E-state index is 0.214. The van der Waals surface area contributed by atoms with Crippen molar-refractivity contribution in [1.82, 2.24) is 0 Å². The molecule has 6 aromatic rings. The molecule has 0 atom stereocenters. The average Bonchev–Trinajstić information content (AvgIpc) is 3.23. The molecule has 6 aromatic carbocycles. The Labute approximate surface area is 379 Å². The molecule has 4 nitrogen and oxygen atoms in total. The van der Waals surface area contributed by atoms with Crippen LogP contribution in [-0.4, -0.2) is 23.4 Å². The number of para-hydroxylation sites is 1. The Bertz CT molecular complexity index is 2360. The van der Waals surface area contributed by atoms with Gasteiger partial charge in [-0.15, -0.1) is 0 Å². The Morgan fingerprint density at radius 1 is 0.381 bits per heavy atom. The second kappa shape index (κ2) is 19.5. The van der Waals surface area contributed by atoms with Crippen molar-refractivity contribution >= 4 is 0 Å². The summed E-state index contributed by atoms with van der Waals surface area (Å²) in [4.78, 5) is 0. The first-order valence-corrected chi connectivity index (χ1v) is 23.3. The fraction of sp³-hybridized carbons (Fsp3) is 0.390. The van der Waals surface area contributed by atoms with E-state index in [2.05, 4.69) is 165 Å². The third kappa shape index (κ3) is 10.0. The normalized spacial score (nSPS) is 11.9. The third-order valence-electron chi connectivity index (χ3n) is 12.5. The summed E-state index contributed by atoms with van der Waals surface area (Å²) in [6.45, 7) is 33.8. The van der Waals surface area contributed by atoms with Crippen LogP contribution < -0.4 is 9.47 Å². The fourth-order valence-electron chi connectivity index (χ4n) is 9.03. The first kappa shape index (κ1) is 47.0. The van der Waals surface area contributed by atoms with Gasteiger partial charge in [-0.25, -0.2) is 0 Å². The lowest BCUT2D eigenvalue weighted by Gasteiger charge is -2.26. The first-order valence-electron chi connectivity index (χ1n) is 23.3. The summed E-state index contributed by atoms with van der Waals surface area (Å²) in [6, 6.07) is 31.8. The van der Waals surface area contributed by atoms with Gasteiger partial charge in [0, 0.05) is 33.4 Å². The predicted octanol–water partition coefficient (Wildman–Crippen LogP) is 16.9. The van der Waals surface area contributed by atoms with Gasteiger partial charge in [-0.3, -0.25) is 0 Å². The molecule has 0 aliphatic rings. The van der Waals surface area contributed by atoms with Gasteiger partial charge in [0.1, 0.15) is 36.2 Å². The summed E-state index contributed by atoms with van der Waals surface area (Å²) in [7, 11) is 0. The van der Waals surface area contributed by atoms with E-state index in [9.17, 15) is 10.2 Å². The summed E-state index contributed by atoms with van der Waals surface area (Å²) in [5.74, 6) is 3.48. The van der Waals surface area contributed by atoms with Crippen molar-refractivity contribution in [3.05, 3.63) is 141 Å². The summed E-state index contributed by atoms with van der Waals surface area (Å²) < 4.78 is 13.1. The minimum Gasteiger partial charge on any atom is -0.507 e. The van der Waals surface area contributed by atoms with Crippen molar-refractivity contribution in [3.63, 3.8) is 0 Å². The van der Waals surface area contributed by atoms with Crippen molar-refractivity contribution in [2.24, 2.45) is 0 Å². The Balaban J connectivity index is 1.65. The molecule has 0 bridgehead atoms. The molecule has 0 aromatic heterocycles. The maximum absolute atomic E-state index is 12.8. The van der Waals surface area contributed by atoms with Crippen LogP contribution in [-0.2, 0) is 0 Å². The quantitative estimate of drug-likeness (QED) is 0.101. The number of aryl methyl sites for hydroxylation is 3. The Hall–Kier alpha value is -5.48. The molecule has 2 N–H and O–H groups in total. The third-order valence-corrected chi connectivity index (χ3v) is 12.5.